The minimum Gasteiger partial charge on any atom is -0.477 e. The van der Waals surface area contributed by atoms with E-state index in [2.05, 4.69) is 38.5 Å². The number of thioether (sulfide) groups is 1. The van der Waals surface area contributed by atoms with E-state index in [-0.39, 0.29) is 37.9 Å². The fourth-order valence-corrected chi connectivity index (χ4v) is 7.23. The van der Waals surface area contributed by atoms with Crippen molar-refractivity contribution in [3.63, 3.8) is 0 Å². The summed E-state index contributed by atoms with van der Waals surface area (Å²) in [5.74, 6) is -1.92. The van der Waals surface area contributed by atoms with Gasteiger partial charge in [-0.2, -0.15) is 4.48 Å². The number of carbonyl (C=O) groups excluding carboxylic acids is 1. The molecular weight excluding hydrogens is 559 g/mol. The van der Waals surface area contributed by atoms with Gasteiger partial charge in [-0.25, -0.2) is 9.59 Å². The largest absolute Gasteiger partial charge is 0.573 e. The van der Waals surface area contributed by atoms with Crippen molar-refractivity contribution in [2.45, 2.75) is 71.6 Å². The van der Waals surface area contributed by atoms with Crippen LogP contribution in [0.4, 0.5) is 13.2 Å². The van der Waals surface area contributed by atoms with Gasteiger partial charge in [0.1, 0.15) is 10.7 Å². The first-order valence-electron chi connectivity index (χ1n) is 13.0. The summed E-state index contributed by atoms with van der Waals surface area (Å²) in [5.41, 5.74) is 4.23. The average molecular weight is 593 g/mol. The third kappa shape index (κ3) is 5.58. The maximum Gasteiger partial charge on any atom is 0.573 e. The van der Waals surface area contributed by atoms with Crippen molar-refractivity contribution in [2.24, 2.45) is 0 Å². The second kappa shape index (κ2) is 10.3. The first-order valence-corrected chi connectivity index (χ1v) is 14.3. The number of hydrogen-bond acceptors (Lipinski definition) is 5. The van der Waals surface area contributed by atoms with Crippen molar-refractivity contribution in [3.05, 3.63) is 57.5 Å². The number of carboxylic acid groups (broad SMARTS) is 1. The number of rotatable bonds is 6. The van der Waals surface area contributed by atoms with Crippen LogP contribution in [0, 0.1) is 6.92 Å². The van der Waals surface area contributed by atoms with Crippen LogP contribution in [-0.4, -0.2) is 45.2 Å². The monoisotopic (exact) mass is 592 g/mol. The number of carboxylic acids is 1. The van der Waals surface area contributed by atoms with Crippen molar-refractivity contribution in [2.75, 3.05) is 13.1 Å². The van der Waals surface area contributed by atoms with Crippen molar-refractivity contribution in [1.82, 2.24) is 0 Å². The number of quaternary nitrogens is 1. The molecule has 1 saturated heterocycles. The third-order valence-corrected chi connectivity index (χ3v) is 9.74. The highest BCUT2D eigenvalue weighted by Gasteiger charge is 2.51. The number of likely N-dealkylation sites (N-methyl/N-ethyl adjacent to an activating group) is 1. The van der Waals surface area contributed by atoms with Gasteiger partial charge in [-0.1, -0.05) is 39.8 Å². The summed E-state index contributed by atoms with van der Waals surface area (Å²) in [5, 5.41) is 9.39. The number of aryl methyl sites for hydroxylation is 1. The Hall–Kier alpha value is -2.69. The minimum atomic E-state index is -4.89. The van der Waals surface area contributed by atoms with Gasteiger partial charge in [0.15, 0.2) is 6.54 Å². The van der Waals surface area contributed by atoms with Crippen LogP contribution in [0.1, 0.15) is 69.7 Å². The van der Waals surface area contributed by atoms with Crippen LogP contribution in [0.25, 0.3) is 17.2 Å². The molecule has 1 aliphatic carbocycles. The standard InChI is InChI=1S/C30H32F3NO4S2/c1-7-34(16-25(35)36)26(37)24(40-27(34)39)14-18-8-9-23(38-30(31,32)33)20(13-18)19-15-22-21(12-17(19)2)28(3,4)10-11-29(22,5)6/h8-9,12-15H,7,10-11,16H2,1-6H3/p+1. The van der Waals surface area contributed by atoms with E-state index in [9.17, 15) is 27.9 Å². The molecule has 1 aliphatic heterocycles. The number of amides is 1. The molecule has 1 N–H and O–H groups in total. The first-order chi connectivity index (χ1) is 18.4. The number of halogens is 3. The molecule has 40 heavy (non-hydrogen) atoms. The van der Waals surface area contributed by atoms with Gasteiger partial charge in [0.05, 0.1) is 6.54 Å². The van der Waals surface area contributed by atoms with Gasteiger partial charge in [-0.15, -0.1) is 13.2 Å². The number of carbonyl (C=O) groups is 2. The Balaban J connectivity index is 1.88. The van der Waals surface area contributed by atoms with E-state index in [0.717, 1.165) is 35.7 Å². The van der Waals surface area contributed by atoms with E-state index in [1.54, 1.807) is 19.1 Å². The zero-order chi connectivity index (χ0) is 29.8. The fourth-order valence-electron chi connectivity index (χ4n) is 5.59. The Bertz CT molecular complexity index is 1450. The van der Waals surface area contributed by atoms with E-state index in [0.29, 0.717) is 11.1 Å². The molecule has 1 amide bonds. The molecule has 0 spiro atoms. The number of benzene rings is 2. The summed E-state index contributed by atoms with van der Waals surface area (Å²) < 4.78 is 44.5. The average Bonchev–Trinajstić information content (AvgIpc) is 3.06. The van der Waals surface area contributed by atoms with Crippen molar-refractivity contribution >= 4 is 46.3 Å². The molecule has 5 nitrogen and oxygen atoms in total. The number of thiocarbonyl (C=S) groups is 1. The third-order valence-electron chi connectivity index (χ3n) is 8.11. The molecule has 0 radical (unpaired) electrons. The molecule has 10 heteroatoms. The van der Waals surface area contributed by atoms with Crippen LogP contribution in [0.3, 0.4) is 0 Å². The summed E-state index contributed by atoms with van der Waals surface area (Å²) in [7, 11) is 0. The molecule has 1 fully saturated rings. The molecule has 4 rings (SSSR count). The van der Waals surface area contributed by atoms with Gasteiger partial charge in [0.25, 0.3) is 0 Å². The highest BCUT2D eigenvalue weighted by molar-refractivity contribution is 8.26. The van der Waals surface area contributed by atoms with Gasteiger partial charge >= 0.3 is 18.2 Å². The van der Waals surface area contributed by atoms with Crippen LogP contribution in [0.5, 0.6) is 5.75 Å². The summed E-state index contributed by atoms with van der Waals surface area (Å²) in [6, 6.07) is 8.34. The quantitative estimate of drug-likeness (QED) is 0.210. The fraction of sp³-hybridized carbons (Fsp3) is 0.433. The van der Waals surface area contributed by atoms with Crippen LogP contribution in [0.2, 0.25) is 0 Å². The summed E-state index contributed by atoms with van der Waals surface area (Å²) in [6.45, 7) is 11.9. The second-order valence-electron chi connectivity index (χ2n) is 11.8. The maximum absolute atomic E-state index is 13.4. The van der Waals surface area contributed by atoms with E-state index in [1.165, 1.54) is 17.7 Å². The second-order valence-corrected chi connectivity index (χ2v) is 13.5. The molecule has 0 aromatic heterocycles. The molecule has 0 bridgehead atoms. The lowest BCUT2D eigenvalue weighted by Crippen LogP contribution is -2.54. The van der Waals surface area contributed by atoms with Gasteiger partial charge in [0.2, 0.25) is 4.32 Å². The summed E-state index contributed by atoms with van der Waals surface area (Å²) >= 11 is 6.42. The first kappa shape index (κ1) is 30.3. The molecule has 1 atom stereocenters. The summed E-state index contributed by atoms with van der Waals surface area (Å²) in [6.07, 6.45) is -1.39. The Morgan fingerprint density at radius 1 is 1.10 bits per heavy atom. The van der Waals surface area contributed by atoms with Crippen molar-refractivity contribution < 1.29 is 37.1 Å². The normalized spacial score (nSPS) is 22.9. The topological polar surface area (TPSA) is 63.6 Å². The predicted octanol–water partition coefficient (Wildman–Crippen LogP) is 7.73. The number of alkyl halides is 3. The molecule has 2 aliphatic rings. The molecule has 1 unspecified atom stereocenters. The Labute approximate surface area is 242 Å². The molecule has 0 saturated carbocycles. The van der Waals surface area contributed by atoms with Crippen molar-refractivity contribution in [3.8, 4) is 16.9 Å². The molecular formula is C30H33F3NO4S2+. The number of nitrogens with zero attached hydrogens (tertiary/aromatic N) is 1. The zero-order valence-electron chi connectivity index (χ0n) is 23.4. The zero-order valence-corrected chi connectivity index (χ0v) is 25.0. The number of hydrogen-bond donors (Lipinski definition) is 1. The molecule has 2 aromatic rings. The SMILES string of the molecule is CC[N+]1(CC(=O)O)C(=O)C(=Cc2ccc(OC(F)(F)F)c(-c3cc4c(cc3C)C(C)(C)CCC4(C)C)c2)SC1=S. The van der Waals surface area contributed by atoms with Gasteiger partial charge in [-0.05, 0) is 114 Å². The Kier molecular flexibility index (Phi) is 7.79. The maximum atomic E-state index is 13.4. The minimum absolute atomic E-state index is 0.0653. The lowest BCUT2D eigenvalue weighted by Gasteiger charge is -2.42. The van der Waals surface area contributed by atoms with E-state index < -0.39 is 29.3 Å². The molecule has 2 aromatic carbocycles. The Morgan fingerprint density at radius 3 is 2.25 bits per heavy atom. The van der Waals surface area contributed by atoms with E-state index in [1.807, 2.05) is 13.0 Å². The lowest BCUT2D eigenvalue weighted by atomic mass is 9.62. The Morgan fingerprint density at radius 2 is 1.70 bits per heavy atom. The number of aliphatic carboxylic acids is 1. The van der Waals surface area contributed by atoms with Crippen LogP contribution in [-0.2, 0) is 20.4 Å². The van der Waals surface area contributed by atoms with Gasteiger partial charge in [0, 0.05) is 5.56 Å². The van der Waals surface area contributed by atoms with Crippen LogP contribution in [0.15, 0.2) is 35.2 Å². The number of ether oxygens (including phenoxy) is 1. The van der Waals surface area contributed by atoms with Gasteiger partial charge < -0.3 is 9.84 Å². The van der Waals surface area contributed by atoms with Crippen molar-refractivity contribution in [1.29, 1.82) is 0 Å². The molecule has 1 heterocycles. The van der Waals surface area contributed by atoms with Crippen LogP contribution < -0.4 is 4.74 Å². The highest BCUT2D eigenvalue weighted by Crippen LogP contribution is 2.49. The van der Waals surface area contributed by atoms with Crippen LogP contribution >= 0.6 is 24.0 Å². The van der Waals surface area contributed by atoms with E-state index >= 15 is 0 Å². The van der Waals surface area contributed by atoms with E-state index in [4.69, 9.17) is 12.2 Å². The highest BCUT2D eigenvalue weighted by atomic mass is 32.2. The smallest absolute Gasteiger partial charge is 0.477 e. The number of fused-ring (bicyclic) bond motifs is 1. The molecule has 214 valence electrons. The van der Waals surface area contributed by atoms with Gasteiger partial charge in [-0.3, -0.25) is 0 Å². The lowest BCUT2D eigenvalue weighted by molar-refractivity contribution is -0.743. The predicted molar refractivity (Wildman–Crippen MR) is 155 cm³/mol. The summed E-state index contributed by atoms with van der Waals surface area (Å²) in [4.78, 5) is 25.1.